The summed E-state index contributed by atoms with van der Waals surface area (Å²) < 4.78 is 18.7. The van der Waals surface area contributed by atoms with Crippen molar-refractivity contribution in [2.75, 3.05) is 5.32 Å². The Kier molecular flexibility index (Phi) is 4.14. The smallest absolute Gasteiger partial charge is 0.255 e. The number of carbonyl (C=O) groups is 1. The van der Waals surface area contributed by atoms with E-state index in [9.17, 15) is 9.18 Å². The van der Waals surface area contributed by atoms with Gasteiger partial charge in [-0.15, -0.1) is 0 Å². The summed E-state index contributed by atoms with van der Waals surface area (Å²) in [6.07, 6.45) is 0. The van der Waals surface area contributed by atoms with Crippen LogP contribution < -0.4 is 5.32 Å². The van der Waals surface area contributed by atoms with E-state index in [0.29, 0.717) is 33.3 Å². The van der Waals surface area contributed by atoms with Gasteiger partial charge in [-0.1, -0.05) is 11.6 Å². The molecular formula is C20H12ClFN2O2. The molecule has 1 N–H and O–H groups in total. The van der Waals surface area contributed by atoms with Crippen LogP contribution >= 0.6 is 11.6 Å². The quantitative estimate of drug-likeness (QED) is 0.518. The largest absolute Gasteiger partial charge is 0.436 e. The van der Waals surface area contributed by atoms with E-state index in [-0.39, 0.29) is 11.7 Å². The number of fused-ring (bicyclic) bond motifs is 1. The second-order valence-corrected chi connectivity index (χ2v) is 6.11. The van der Waals surface area contributed by atoms with Crippen molar-refractivity contribution in [3.8, 4) is 11.5 Å². The van der Waals surface area contributed by atoms with Gasteiger partial charge in [0.15, 0.2) is 5.58 Å². The number of nitrogens with zero attached hydrogens (tertiary/aromatic N) is 1. The molecule has 0 fully saturated rings. The van der Waals surface area contributed by atoms with Gasteiger partial charge in [0.25, 0.3) is 5.91 Å². The van der Waals surface area contributed by atoms with Crippen molar-refractivity contribution in [2.45, 2.75) is 0 Å². The molecule has 1 heterocycles. The van der Waals surface area contributed by atoms with Crippen molar-refractivity contribution in [1.82, 2.24) is 4.98 Å². The second-order valence-electron chi connectivity index (χ2n) is 5.67. The van der Waals surface area contributed by atoms with E-state index in [0.717, 1.165) is 5.56 Å². The number of anilines is 1. The first-order valence-corrected chi connectivity index (χ1v) is 8.20. The number of aromatic nitrogens is 1. The van der Waals surface area contributed by atoms with Gasteiger partial charge in [0.1, 0.15) is 11.3 Å². The molecule has 26 heavy (non-hydrogen) atoms. The average molecular weight is 367 g/mol. The SMILES string of the molecule is O=C(Nc1ccc2oc(-c3ccc(Cl)cc3)nc2c1)c1ccc(F)cc1. The molecule has 0 bridgehead atoms. The summed E-state index contributed by atoms with van der Waals surface area (Å²) in [5.41, 5.74) is 2.97. The zero-order valence-corrected chi connectivity index (χ0v) is 14.1. The van der Waals surface area contributed by atoms with Gasteiger partial charge in [-0.05, 0) is 66.7 Å². The molecule has 0 aliphatic carbocycles. The first kappa shape index (κ1) is 16.3. The van der Waals surface area contributed by atoms with Crippen molar-refractivity contribution >= 4 is 34.3 Å². The van der Waals surface area contributed by atoms with Crippen molar-refractivity contribution in [3.63, 3.8) is 0 Å². The standard InChI is InChI=1S/C20H12ClFN2O2/c21-14-5-1-13(2-6-14)20-24-17-11-16(9-10-18(17)26-20)23-19(25)12-3-7-15(22)8-4-12/h1-11H,(H,23,25). The van der Waals surface area contributed by atoms with Crippen LogP contribution in [0.1, 0.15) is 10.4 Å². The van der Waals surface area contributed by atoms with E-state index in [1.807, 2.05) is 12.1 Å². The van der Waals surface area contributed by atoms with Gasteiger partial charge in [0, 0.05) is 21.8 Å². The molecule has 0 aliphatic heterocycles. The zero-order valence-electron chi connectivity index (χ0n) is 13.4. The Morgan fingerprint density at radius 1 is 1.00 bits per heavy atom. The molecule has 0 unspecified atom stereocenters. The summed E-state index contributed by atoms with van der Waals surface area (Å²) in [6.45, 7) is 0. The van der Waals surface area contributed by atoms with Gasteiger partial charge in [-0.3, -0.25) is 4.79 Å². The van der Waals surface area contributed by atoms with Crippen LogP contribution in [-0.4, -0.2) is 10.9 Å². The summed E-state index contributed by atoms with van der Waals surface area (Å²) in [5.74, 6) is -0.246. The third-order valence-electron chi connectivity index (χ3n) is 3.84. The Hall–Kier alpha value is -3.18. The molecule has 0 atom stereocenters. The lowest BCUT2D eigenvalue weighted by Gasteiger charge is -2.04. The van der Waals surface area contributed by atoms with Gasteiger partial charge >= 0.3 is 0 Å². The summed E-state index contributed by atoms with van der Waals surface area (Å²) in [6, 6.07) is 17.7. The number of halogens is 2. The molecule has 1 aromatic heterocycles. The number of amides is 1. The van der Waals surface area contributed by atoms with Crippen LogP contribution in [-0.2, 0) is 0 Å². The van der Waals surface area contributed by atoms with Gasteiger partial charge < -0.3 is 9.73 Å². The van der Waals surface area contributed by atoms with E-state index < -0.39 is 0 Å². The maximum atomic E-state index is 13.0. The van der Waals surface area contributed by atoms with Crippen LogP contribution in [0.3, 0.4) is 0 Å². The minimum atomic E-state index is -0.389. The molecule has 128 valence electrons. The number of hydrogen-bond acceptors (Lipinski definition) is 3. The summed E-state index contributed by atoms with van der Waals surface area (Å²) in [7, 11) is 0. The van der Waals surface area contributed by atoms with Gasteiger partial charge in [0.2, 0.25) is 5.89 Å². The number of rotatable bonds is 3. The van der Waals surface area contributed by atoms with Crippen LogP contribution in [0.15, 0.2) is 71.1 Å². The molecule has 3 aromatic carbocycles. The third kappa shape index (κ3) is 3.30. The van der Waals surface area contributed by atoms with Gasteiger partial charge in [-0.25, -0.2) is 9.37 Å². The lowest BCUT2D eigenvalue weighted by molar-refractivity contribution is 0.102. The molecule has 0 saturated carbocycles. The number of nitrogens with one attached hydrogen (secondary N) is 1. The molecule has 0 radical (unpaired) electrons. The predicted octanol–water partition coefficient (Wildman–Crippen LogP) is 5.54. The highest BCUT2D eigenvalue weighted by molar-refractivity contribution is 6.30. The predicted molar refractivity (Wildman–Crippen MR) is 98.8 cm³/mol. The number of benzene rings is 3. The van der Waals surface area contributed by atoms with E-state index >= 15 is 0 Å². The minimum Gasteiger partial charge on any atom is -0.436 e. The van der Waals surface area contributed by atoms with E-state index in [4.69, 9.17) is 16.0 Å². The number of oxazole rings is 1. The Balaban J connectivity index is 1.60. The Labute approximate surface area is 153 Å². The Morgan fingerprint density at radius 3 is 2.46 bits per heavy atom. The number of carbonyl (C=O) groups excluding carboxylic acids is 1. The molecule has 0 saturated heterocycles. The average Bonchev–Trinajstić information content (AvgIpc) is 3.06. The summed E-state index contributed by atoms with van der Waals surface area (Å²) in [5, 5.41) is 3.40. The molecule has 4 nitrogen and oxygen atoms in total. The van der Waals surface area contributed by atoms with Crippen molar-refractivity contribution < 1.29 is 13.6 Å². The van der Waals surface area contributed by atoms with E-state index in [2.05, 4.69) is 10.3 Å². The normalized spacial score (nSPS) is 10.8. The molecule has 1 amide bonds. The highest BCUT2D eigenvalue weighted by Gasteiger charge is 2.11. The fourth-order valence-corrected chi connectivity index (χ4v) is 2.65. The Bertz CT molecular complexity index is 1090. The van der Waals surface area contributed by atoms with Gasteiger partial charge in [-0.2, -0.15) is 0 Å². The molecule has 0 aliphatic rings. The van der Waals surface area contributed by atoms with Crippen LogP contribution in [0.2, 0.25) is 5.02 Å². The maximum Gasteiger partial charge on any atom is 0.255 e. The highest BCUT2D eigenvalue weighted by atomic mass is 35.5. The summed E-state index contributed by atoms with van der Waals surface area (Å²) >= 11 is 5.89. The van der Waals surface area contributed by atoms with Crippen molar-refractivity contribution in [1.29, 1.82) is 0 Å². The van der Waals surface area contributed by atoms with Crippen LogP contribution in [0, 0.1) is 5.82 Å². The highest BCUT2D eigenvalue weighted by Crippen LogP contribution is 2.27. The Morgan fingerprint density at radius 2 is 1.73 bits per heavy atom. The first-order valence-electron chi connectivity index (χ1n) is 7.82. The first-order chi connectivity index (χ1) is 12.6. The lowest BCUT2D eigenvalue weighted by Crippen LogP contribution is -2.11. The zero-order chi connectivity index (χ0) is 18.1. The van der Waals surface area contributed by atoms with Crippen LogP contribution in [0.4, 0.5) is 10.1 Å². The van der Waals surface area contributed by atoms with Gasteiger partial charge in [0.05, 0.1) is 0 Å². The topological polar surface area (TPSA) is 55.1 Å². The van der Waals surface area contributed by atoms with Crippen LogP contribution in [0.25, 0.3) is 22.6 Å². The fourth-order valence-electron chi connectivity index (χ4n) is 2.53. The third-order valence-corrected chi connectivity index (χ3v) is 4.09. The lowest BCUT2D eigenvalue weighted by atomic mass is 10.2. The molecule has 0 spiro atoms. The van der Waals surface area contributed by atoms with Crippen LogP contribution in [0.5, 0.6) is 0 Å². The molecule has 4 rings (SSSR count). The van der Waals surface area contributed by atoms with E-state index in [1.165, 1.54) is 24.3 Å². The van der Waals surface area contributed by atoms with Crippen molar-refractivity contribution in [2.24, 2.45) is 0 Å². The molecule has 6 heteroatoms. The monoisotopic (exact) mass is 366 g/mol. The second kappa shape index (κ2) is 6.61. The molecular weight excluding hydrogens is 355 g/mol. The summed E-state index contributed by atoms with van der Waals surface area (Å²) in [4.78, 5) is 16.7. The minimum absolute atomic E-state index is 0.328. The molecule has 4 aromatic rings. The maximum absolute atomic E-state index is 13.0. The van der Waals surface area contributed by atoms with Crippen molar-refractivity contribution in [3.05, 3.63) is 83.1 Å². The van der Waals surface area contributed by atoms with E-state index in [1.54, 1.807) is 30.3 Å². The number of hydrogen-bond donors (Lipinski definition) is 1. The fraction of sp³-hybridized carbons (Fsp3) is 0.